The number of methoxy groups -OCH3 is 1. The Hall–Kier alpha value is -3.71. The fourth-order valence-electron chi connectivity index (χ4n) is 6.81. The normalized spacial score (nSPS) is 37.5. The maximum absolute atomic E-state index is 13.7. The van der Waals surface area contributed by atoms with Crippen LogP contribution in [0.4, 0.5) is 0 Å². The number of rotatable bonds is 10. The topological polar surface area (TPSA) is 295 Å². The zero-order chi connectivity index (χ0) is 39.3. The molecule has 0 aliphatic carbocycles. The van der Waals surface area contributed by atoms with Gasteiger partial charge in [-0.25, -0.2) is 0 Å². The molecule has 20 heteroatoms. The molecule has 15 atom stereocenters. The molecule has 0 saturated carbocycles. The van der Waals surface area contributed by atoms with Crippen LogP contribution in [0.2, 0.25) is 0 Å². The zero-order valence-electron chi connectivity index (χ0n) is 29.3. The highest BCUT2D eigenvalue weighted by atomic mass is 16.8. The van der Waals surface area contributed by atoms with Gasteiger partial charge < -0.3 is 93.0 Å². The van der Waals surface area contributed by atoms with E-state index in [4.69, 9.17) is 47.0 Å². The van der Waals surface area contributed by atoms with Crippen molar-refractivity contribution in [2.45, 2.75) is 99.0 Å². The van der Waals surface area contributed by atoms with Crippen molar-refractivity contribution in [3.63, 3.8) is 0 Å². The molecule has 5 heterocycles. The van der Waals surface area contributed by atoms with Gasteiger partial charge >= 0.3 is 0 Å². The summed E-state index contributed by atoms with van der Waals surface area (Å²) in [5.41, 5.74) is 0.332. The summed E-state index contributed by atoms with van der Waals surface area (Å²) in [7, 11) is 1.38. The van der Waals surface area contributed by atoms with Crippen LogP contribution in [0.25, 0.3) is 22.1 Å². The van der Waals surface area contributed by atoms with E-state index in [1.165, 1.54) is 50.6 Å². The van der Waals surface area contributed by atoms with E-state index in [9.17, 15) is 50.8 Å². The molecule has 4 aliphatic heterocycles. The second-order valence-corrected chi connectivity index (χ2v) is 13.5. The lowest BCUT2D eigenvalue weighted by Gasteiger charge is -2.46. The third-order valence-corrected chi connectivity index (χ3v) is 10.00. The quantitative estimate of drug-likeness (QED) is 0.0993. The van der Waals surface area contributed by atoms with Crippen LogP contribution in [-0.2, 0) is 23.7 Å². The van der Waals surface area contributed by atoms with Crippen molar-refractivity contribution < 1.29 is 93.0 Å². The van der Waals surface area contributed by atoms with E-state index < -0.39 is 111 Å². The molecule has 4 aliphatic rings. The minimum absolute atomic E-state index is 0.0557. The lowest BCUT2D eigenvalue weighted by molar-refractivity contribution is -0.362. The van der Waals surface area contributed by atoms with Crippen molar-refractivity contribution in [3.05, 3.63) is 46.8 Å². The van der Waals surface area contributed by atoms with Gasteiger partial charge in [0.15, 0.2) is 30.2 Å². The molecule has 0 unspecified atom stereocenters. The molecule has 9 N–H and O–H groups in total. The van der Waals surface area contributed by atoms with Crippen LogP contribution in [0.3, 0.4) is 0 Å². The molecule has 55 heavy (non-hydrogen) atoms. The average molecular weight is 783 g/mol. The third kappa shape index (κ3) is 7.35. The Bertz CT molecular complexity index is 1850. The van der Waals surface area contributed by atoms with E-state index in [0.29, 0.717) is 11.3 Å². The predicted octanol–water partition coefficient (Wildman–Crippen LogP) is -2.95. The van der Waals surface area contributed by atoms with E-state index in [1.54, 1.807) is 0 Å². The van der Waals surface area contributed by atoms with E-state index >= 15 is 0 Å². The van der Waals surface area contributed by atoms with Crippen LogP contribution in [0.5, 0.6) is 23.0 Å². The Labute approximate surface area is 311 Å². The van der Waals surface area contributed by atoms with Crippen molar-refractivity contribution in [2.24, 2.45) is 0 Å². The SMILES string of the molecule is COc1c2c(cc3occ(-c4ccc(O[C@@H]5O[C@H](CO[C@@H]6O[C@H](C)[C@H](O)[C@@H](O)[C@@H]6O)[C@@H](O)[C@H](O)[C@H]5O[C@@H]5O[C@@H](CO)[C@@H](O)[C@H](O)[C@H]5O)cc4)c(=O)c13)OCO2. The summed E-state index contributed by atoms with van der Waals surface area (Å²) in [4.78, 5) is 13.7. The minimum atomic E-state index is -1.88. The molecule has 0 radical (unpaired) electrons. The van der Waals surface area contributed by atoms with Gasteiger partial charge in [-0.3, -0.25) is 4.79 Å². The van der Waals surface area contributed by atoms with Gasteiger partial charge in [-0.1, -0.05) is 12.1 Å². The Morgan fingerprint density at radius 2 is 1.44 bits per heavy atom. The van der Waals surface area contributed by atoms with E-state index in [1.807, 2.05) is 0 Å². The summed E-state index contributed by atoms with van der Waals surface area (Å²) in [6.07, 6.45) is -22.7. The van der Waals surface area contributed by atoms with E-state index in [0.717, 1.165) is 0 Å². The van der Waals surface area contributed by atoms with Crippen LogP contribution < -0.4 is 24.4 Å². The number of benzene rings is 2. The van der Waals surface area contributed by atoms with Crippen LogP contribution in [-0.4, -0.2) is 165 Å². The molecule has 3 fully saturated rings. The number of ether oxygens (including phenoxy) is 9. The van der Waals surface area contributed by atoms with Crippen molar-refractivity contribution in [1.29, 1.82) is 0 Å². The van der Waals surface area contributed by atoms with Crippen molar-refractivity contribution in [2.75, 3.05) is 27.1 Å². The molecular weight excluding hydrogens is 740 g/mol. The Balaban J connectivity index is 1.14. The third-order valence-electron chi connectivity index (χ3n) is 10.00. The number of aliphatic hydroxyl groups excluding tert-OH is 9. The highest BCUT2D eigenvalue weighted by Crippen LogP contribution is 2.45. The number of fused-ring (bicyclic) bond motifs is 2. The number of aliphatic hydroxyl groups is 9. The van der Waals surface area contributed by atoms with Crippen LogP contribution in [0, 0.1) is 0 Å². The predicted molar refractivity (Wildman–Crippen MR) is 179 cm³/mol. The van der Waals surface area contributed by atoms with E-state index in [-0.39, 0.29) is 40.6 Å². The summed E-state index contributed by atoms with van der Waals surface area (Å²) in [5.74, 6) is 0.857. The monoisotopic (exact) mass is 782 g/mol. The molecular formula is C35H42O20. The highest BCUT2D eigenvalue weighted by Gasteiger charge is 2.52. The second-order valence-electron chi connectivity index (χ2n) is 13.5. The van der Waals surface area contributed by atoms with Gasteiger partial charge in [0.25, 0.3) is 0 Å². The van der Waals surface area contributed by atoms with Crippen molar-refractivity contribution in [3.8, 4) is 34.1 Å². The maximum atomic E-state index is 13.7. The summed E-state index contributed by atoms with van der Waals surface area (Å²) in [6, 6.07) is 7.48. The molecule has 302 valence electrons. The van der Waals surface area contributed by atoms with E-state index in [2.05, 4.69) is 0 Å². The van der Waals surface area contributed by atoms with Crippen LogP contribution >= 0.6 is 0 Å². The van der Waals surface area contributed by atoms with Gasteiger partial charge in [0.1, 0.15) is 84.0 Å². The molecule has 3 saturated heterocycles. The molecule has 3 aromatic rings. The second kappa shape index (κ2) is 16.0. The Kier molecular flexibility index (Phi) is 11.5. The fourth-order valence-corrected chi connectivity index (χ4v) is 6.81. The van der Waals surface area contributed by atoms with Gasteiger partial charge in [-0.05, 0) is 24.6 Å². The molecule has 0 amide bonds. The Morgan fingerprint density at radius 1 is 0.764 bits per heavy atom. The zero-order valence-corrected chi connectivity index (χ0v) is 29.3. The summed E-state index contributed by atoms with van der Waals surface area (Å²) >= 11 is 0. The molecule has 0 bridgehead atoms. The van der Waals surface area contributed by atoms with Gasteiger partial charge in [0, 0.05) is 6.07 Å². The standard InChI is InChI=1S/C35H42O20/c1-12-21(37)25(41)28(44)33(51-12)48-10-19-24(40)27(43)32(55-34-29(45)26(42)23(39)18(8-36)53-34)35(54-19)52-14-5-3-13(4-6-14)15-9-47-16-7-17-30(50-11-49-17)31(46-2)20(16)22(15)38/h3-7,9,12,18-19,21,23-29,32-37,39-45H,8,10-11H2,1-2H3/t12-,18+,19-,21+,23-,24-,25-,26+,27+,28+,29-,32-,33-,34+,35-/m1/s1. The summed E-state index contributed by atoms with van der Waals surface area (Å²) in [5, 5.41) is 94.0. The first-order valence-corrected chi connectivity index (χ1v) is 17.3. The minimum Gasteiger partial charge on any atom is -0.492 e. The molecule has 0 spiro atoms. The summed E-state index contributed by atoms with van der Waals surface area (Å²) < 4.78 is 56.5. The first-order chi connectivity index (χ1) is 26.3. The lowest BCUT2D eigenvalue weighted by Crippen LogP contribution is -2.65. The first kappa shape index (κ1) is 39.5. The van der Waals surface area contributed by atoms with Crippen molar-refractivity contribution in [1.82, 2.24) is 0 Å². The largest absolute Gasteiger partial charge is 0.492 e. The molecule has 1 aromatic heterocycles. The highest BCUT2D eigenvalue weighted by molar-refractivity contribution is 5.91. The van der Waals surface area contributed by atoms with Gasteiger partial charge in [-0.15, -0.1) is 0 Å². The number of hydrogen-bond donors (Lipinski definition) is 9. The molecule has 20 nitrogen and oxygen atoms in total. The number of hydrogen-bond acceptors (Lipinski definition) is 20. The van der Waals surface area contributed by atoms with Crippen LogP contribution in [0.15, 0.2) is 45.8 Å². The van der Waals surface area contributed by atoms with Gasteiger partial charge in [-0.2, -0.15) is 0 Å². The average Bonchev–Trinajstić information content (AvgIpc) is 3.66. The Morgan fingerprint density at radius 3 is 2.15 bits per heavy atom. The van der Waals surface area contributed by atoms with Crippen LogP contribution in [0.1, 0.15) is 6.92 Å². The lowest BCUT2D eigenvalue weighted by atomic mass is 9.97. The maximum Gasteiger partial charge on any atom is 0.231 e. The van der Waals surface area contributed by atoms with Gasteiger partial charge in [0.2, 0.25) is 24.3 Å². The summed E-state index contributed by atoms with van der Waals surface area (Å²) in [6.45, 7) is 0.0681. The smallest absolute Gasteiger partial charge is 0.231 e. The first-order valence-electron chi connectivity index (χ1n) is 17.3. The van der Waals surface area contributed by atoms with Gasteiger partial charge in [0.05, 0.1) is 32.0 Å². The van der Waals surface area contributed by atoms with Crippen molar-refractivity contribution >= 4 is 11.0 Å². The molecule has 7 rings (SSSR count). The fraction of sp³-hybridized carbons (Fsp3) is 0.571. The molecule has 2 aromatic carbocycles.